The van der Waals surface area contributed by atoms with Crippen LogP contribution in [0.25, 0.3) is 21.7 Å². The van der Waals surface area contributed by atoms with Crippen LogP contribution in [0.3, 0.4) is 0 Å². The maximum absolute atomic E-state index is 12.3. The second kappa shape index (κ2) is 4.78. The summed E-state index contributed by atoms with van der Waals surface area (Å²) in [7, 11) is 0. The van der Waals surface area contributed by atoms with E-state index in [1.807, 2.05) is 12.1 Å². The van der Waals surface area contributed by atoms with Gasteiger partial charge in [0.2, 0.25) is 5.88 Å². The van der Waals surface area contributed by atoms with Crippen molar-refractivity contribution in [2.75, 3.05) is 0 Å². The number of hydrogen-bond donors (Lipinski definition) is 1. The largest absolute Gasteiger partial charge is 0.573 e. The molecule has 2 aromatic carbocycles. The highest BCUT2D eigenvalue weighted by atomic mass is 19.4. The molecule has 1 heterocycles. The van der Waals surface area contributed by atoms with Gasteiger partial charge in [0.15, 0.2) is 0 Å². The molecule has 0 aliphatic rings. The van der Waals surface area contributed by atoms with Crippen LogP contribution in [0.1, 0.15) is 0 Å². The highest BCUT2D eigenvalue weighted by Crippen LogP contribution is 2.33. The van der Waals surface area contributed by atoms with Crippen LogP contribution >= 0.6 is 0 Å². The standard InChI is InChI=1S/C14H9F3N2O2/c15-14(16,17)20-8-5-6-10-9-3-1-2-4-11(9)13(21-18)19-12(10)7-8/h1-7H,18H2. The van der Waals surface area contributed by atoms with Gasteiger partial charge in [0.1, 0.15) is 5.75 Å². The Morgan fingerprint density at radius 3 is 2.33 bits per heavy atom. The van der Waals surface area contributed by atoms with Gasteiger partial charge in [-0.25, -0.2) is 4.98 Å². The lowest BCUT2D eigenvalue weighted by Gasteiger charge is -2.11. The lowest BCUT2D eigenvalue weighted by Crippen LogP contribution is -2.17. The molecule has 0 saturated carbocycles. The van der Waals surface area contributed by atoms with Crippen LogP contribution in [0.4, 0.5) is 13.2 Å². The molecule has 0 bridgehead atoms. The molecule has 3 aromatic rings. The normalized spacial score (nSPS) is 11.8. The number of halogens is 3. The van der Waals surface area contributed by atoms with Crippen LogP contribution in [0.2, 0.25) is 0 Å². The molecule has 0 radical (unpaired) electrons. The van der Waals surface area contributed by atoms with E-state index in [4.69, 9.17) is 10.7 Å². The van der Waals surface area contributed by atoms with Crippen molar-refractivity contribution in [3.63, 3.8) is 0 Å². The number of nitrogens with two attached hydrogens (primary N) is 1. The van der Waals surface area contributed by atoms with E-state index < -0.39 is 6.36 Å². The van der Waals surface area contributed by atoms with Gasteiger partial charge in [0, 0.05) is 16.8 Å². The molecule has 4 nitrogen and oxygen atoms in total. The molecular weight excluding hydrogens is 285 g/mol. The Morgan fingerprint density at radius 1 is 0.952 bits per heavy atom. The first kappa shape index (κ1) is 13.4. The summed E-state index contributed by atoms with van der Waals surface area (Å²) in [6.45, 7) is 0. The number of hydrogen-bond acceptors (Lipinski definition) is 4. The zero-order valence-electron chi connectivity index (χ0n) is 10.5. The lowest BCUT2D eigenvalue weighted by atomic mass is 10.1. The number of rotatable bonds is 2. The second-order valence-electron chi connectivity index (χ2n) is 4.31. The second-order valence-corrected chi connectivity index (χ2v) is 4.31. The van der Waals surface area contributed by atoms with E-state index in [0.29, 0.717) is 16.3 Å². The molecule has 1 aromatic heterocycles. The minimum atomic E-state index is -4.75. The van der Waals surface area contributed by atoms with Gasteiger partial charge < -0.3 is 9.57 Å². The number of aromatic nitrogens is 1. The van der Waals surface area contributed by atoms with E-state index in [1.165, 1.54) is 18.2 Å². The van der Waals surface area contributed by atoms with Crippen LogP contribution in [-0.4, -0.2) is 11.3 Å². The van der Waals surface area contributed by atoms with Crippen LogP contribution in [-0.2, 0) is 0 Å². The minimum Gasteiger partial charge on any atom is -0.406 e. The Kier molecular flexibility index (Phi) is 3.06. The average molecular weight is 294 g/mol. The molecule has 2 N–H and O–H groups in total. The molecule has 0 saturated heterocycles. The van der Waals surface area contributed by atoms with Crippen LogP contribution in [0, 0.1) is 0 Å². The minimum absolute atomic E-state index is 0.141. The van der Waals surface area contributed by atoms with Gasteiger partial charge in [-0.15, -0.1) is 13.2 Å². The Bertz CT molecular complexity index is 818. The Hall–Kier alpha value is -2.54. The van der Waals surface area contributed by atoms with E-state index in [0.717, 1.165) is 5.39 Å². The summed E-state index contributed by atoms with van der Waals surface area (Å²) >= 11 is 0. The summed E-state index contributed by atoms with van der Waals surface area (Å²) < 4.78 is 40.6. The molecule has 0 spiro atoms. The fraction of sp³-hybridized carbons (Fsp3) is 0.0714. The molecule has 0 amide bonds. The maximum atomic E-state index is 12.3. The van der Waals surface area contributed by atoms with Gasteiger partial charge >= 0.3 is 6.36 Å². The van der Waals surface area contributed by atoms with Crippen LogP contribution in [0.5, 0.6) is 11.6 Å². The van der Waals surface area contributed by atoms with Gasteiger partial charge in [0.05, 0.1) is 5.52 Å². The molecule has 108 valence electrons. The van der Waals surface area contributed by atoms with Crippen molar-refractivity contribution >= 4 is 21.7 Å². The third kappa shape index (κ3) is 2.55. The van der Waals surface area contributed by atoms with Crippen molar-refractivity contribution in [1.29, 1.82) is 0 Å². The summed E-state index contributed by atoms with van der Waals surface area (Å²) in [5, 5.41) is 2.14. The topological polar surface area (TPSA) is 57.4 Å². The number of alkyl halides is 3. The zero-order valence-corrected chi connectivity index (χ0v) is 10.5. The van der Waals surface area contributed by atoms with E-state index in [2.05, 4.69) is 9.72 Å². The Morgan fingerprint density at radius 2 is 1.67 bits per heavy atom. The number of benzene rings is 2. The average Bonchev–Trinajstić information content (AvgIpc) is 2.44. The fourth-order valence-electron chi connectivity index (χ4n) is 2.19. The third-order valence-corrected chi connectivity index (χ3v) is 2.98. The number of nitrogens with zero attached hydrogens (tertiary/aromatic N) is 1. The monoisotopic (exact) mass is 294 g/mol. The van der Waals surface area contributed by atoms with Gasteiger partial charge in [0.25, 0.3) is 0 Å². The molecule has 7 heteroatoms. The molecule has 3 rings (SSSR count). The Labute approximate surface area is 116 Å². The van der Waals surface area contributed by atoms with Crippen molar-refractivity contribution in [3.05, 3.63) is 42.5 Å². The van der Waals surface area contributed by atoms with Crippen molar-refractivity contribution in [1.82, 2.24) is 4.98 Å². The van der Waals surface area contributed by atoms with Gasteiger partial charge in [-0.3, -0.25) is 0 Å². The molecule has 0 unspecified atom stereocenters. The summed E-state index contributed by atoms with van der Waals surface area (Å²) in [6.07, 6.45) is -4.75. The first-order valence-electron chi connectivity index (χ1n) is 5.93. The van der Waals surface area contributed by atoms with E-state index in [9.17, 15) is 13.2 Å². The van der Waals surface area contributed by atoms with Gasteiger partial charge in [-0.05, 0) is 23.6 Å². The first-order chi connectivity index (χ1) is 9.98. The predicted octanol–water partition coefficient (Wildman–Crippen LogP) is 3.54. The number of ether oxygens (including phenoxy) is 1. The molecular formula is C14H9F3N2O2. The van der Waals surface area contributed by atoms with Crippen molar-refractivity contribution in [2.45, 2.75) is 6.36 Å². The lowest BCUT2D eigenvalue weighted by molar-refractivity contribution is -0.274. The predicted molar refractivity (Wildman–Crippen MR) is 70.7 cm³/mol. The molecule has 21 heavy (non-hydrogen) atoms. The van der Waals surface area contributed by atoms with Crippen molar-refractivity contribution in [2.24, 2.45) is 5.90 Å². The number of fused-ring (bicyclic) bond motifs is 3. The maximum Gasteiger partial charge on any atom is 0.573 e. The quantitative estimate of drug-likeness (QED) is 0.580. The fourth-order valence-corrected chi connectivity index (χ4v) is 2.19. The smallest absolute Gasteiger partial charge is 0.406 e. The van der Waals surface area contributed by atoms with Gasteiger partial charge in [-0.1, -0.05) is 18.2 Å². The molecule has 0 aliphatic carbocycles. The van der Waals surface area contributed by atoms with Crippen LogP contribution < -0.4 is 15.5 Å². The first-order valence-corrected chi connectivity index (χ1v) is 5.93. The van der Waals surface area contributed by atoms with Crippen molar-refractivity contribution in [3.8, 4) is 11.6 Å². The Balaban J connectivity index is 2.24. The van der Waals surface area contributed by atoms with Crippen molar-refractivity contribution < 1.29 is 22.7 Å². The third-order valence-electron chi connectivity index (χ3n) is 2.98. The summed E-state index contributed by atoms with van der Waals surface area (Å²) in [5.74, 6) is 4.97. The molecule has 0 fully saturated rings. The zero-order chi connectivity index (χ0) is 15.0. The van der Waals surface area contributed by atoms with E-state index in [-0.39, 0.29) is 11.6 Å². The highest BCUT2D eigenvalue weighted by Gasteiger charge is 2.31. The highest BCUT2D eigenvalue weighted by molar-refractivity contribution is 6.08. The van der Waals surface area contributed by atoms with E-state index >= 15 is 0 Å². The molecule has 0 atom stereocenters. The molecule has 0 aliphatic heterocycles. The van der Waals surface area contributed by atoms with Gasteiger partial charge in [-0.2, -0.15) is 5.90 Å². The van der Waals surface area contributed by atoms with E-state index in [1.54, 1.807) is 12.1 Å². The summed E-state index contributed by atoms with van der Waals surface area (Å²) in [4.78, 5) is 8.82. The summed E-state index contributed by atoms with van der Waals surface area (Å²) in [6, 6.07) is 11.1. The summed E-state index contributed by atoms with van der Waals surface area (Å²) in [5.41, 5.74) is 0.302. The van der Waals surface area contributed by atoms with Crippen LogP contribution in [0.15, 0.2) is 42.5 Å². The number of pyridine rings is 1. The SMILES string of the molecule is NOc1nc2cc(OC(F)(F)F)ccc2c2ccccc12.